The van der Waals surface area contributed by atoms with Crippen LogP contribution in [0.1, 0.15) is 43.4 Å². The second-order valence-corrected chi connectivity index (χ2v) is 5.44. The van der Waals surface area contributed by atoms with Crippen LogP contribution in [-0.4, -0.2) is 6.61 Å². The summed E-state index contributed by atoms with van der Waals surface area (Å²) in [6, 6.07) is 8.36. The number of nitrogens with two attached hydrogens (primary N) is 1. The molecule has 0 radical (unpaired) electrons. The predicted molar refractivity (Wildman–Crippen MR) is 71.2 cm³/mol. The van der Waals surface area contributed by atoms with Crippen molar-refractivity contribution in [2.45, 2.75) is 39.2 Å². The van der Waals surface area contributed by atoms with Gasteiger partial charge >= 0.3 is 0 Å². The molecule has 1 unspecified atom stereocenters. The Kier molecular flexibility index (Phi) is 3.58. The van der Waals surface area contributed by atoms with Gasteiger partial charge in [0.2, 0.25) is 0 Å². The average molecular weight is 244 g/mol. The van der Waals surface area contributed by atoms with Gasteiger partial charge in [0.15, 0.2) is 0 Å². The summed E-state index contributed by atoms with van der Waals surface area (Å²) in [6.07, 6.45) is 2.82. The average Bonchev–Trinajstić information content (AvgIpc) is 3.08. The third-order valence-electron chi connectivity index (χ3n) is 3.67. The minimum absolute atomic E-state index is 0.0473. The molecule has 0 amide bonds. The highest BCUT2D eigenvalue weighted by molar-refractivity contribution is 5.37. The van der Waals surface area contributed by atoms with Gasteiger partial charge in [-0.3, -0.25) is 0 Å². The molecule has 1 aliphatic carbocycles. The molecule has 1 aromatic rings. The van der Waals surface area contributed by atoms with E-state index in [2.05, 4.69) is 12.1 Å². The Morgan fingerprint density at radius 3 is 2.72 bits per heavy atom. The Bertz CT molecular complexity index is 470. The highest BCUT2D eigenvalue weighted by atomic mass is 16.5. The third-order valence-corrected chi connectivity index (χ3v) is 3.67. The number of nitrogens with zero attached hydrogens (tertiary/aromatic N) is 1. The molecule has 18 heavy (non-hydrogen) atoms. The maximum atomic E-state index is 8.77. The van der Waals surface area contributed by atoms with Crippen molar-refractivity contribution < 1.29 is 4.74 Å². The highest BCUT2D eigenvalue weighted by Gasteiger charge is 2.43. The molecule has 0 heterocycles. The molecule has 0 aromatic heterocycles. The summed E-state index contributed by atoms with van der Waals surface area (Å²) in [7, 11) is 0. The van der Waals surface area contributed by atoms with E-state index in [-0.39, 0.29) is 11.5 Å². The monoisotopic (exact) mass is 244 g/mol. The minimum atomic E-state index is 0.0473. The number of aryl methyl sites for hydroxylation is 1. The fourth-order valence-corrected chi connectivity index (χ4v) is 2.07. The first-order valence-corrected chi connectivity index (χ1v) is 6.42. The predicted octanol–water partition coefficient (Wildman–Crippen LogP) is 3.09. The maximum absolute atomic E-state index is 8.77. The van der Waals surface area contributed by atoms with E-state index in [4.69, 9.17) is 15.7 Å². The Balaban J connectivity index is 2.00. The first-order valence-electron chi connectivity index (χ1n) is 6.42. The summed E-state index contributed by atoms with van der Waals surface area (Å²) in [5, 5.41) is 8.77. The minimum Gasteiger partial charge on any atom is -0.493 e. The number of benzene rings is 1. The topological polar surface area (TPSA) is 59.0 Å². The van der Waals surface area contributed by atoms with E-state index in [9.17, 15) is 0 Å². The molecular weight excluding hydrogens is 224 g/mol. The molecule has 0 saturated heterocycles. The van der Waals surface area contributed by atoms with Gasteiger partial charge in [-0.05, 0) is 43.9 Å². The van der Waals surface area contributed by atoms with Crippen molar-refractivity contribution in [3.63, 3.8) is 0 Å². The van der Waals surface area contributed by atoms with Gasteiger partial charge in [-0.2, -0.15) is 5.26 Å². The molecule has 2 rings (SSSR count). The Morgan fingerprint density at radius 1 is 1.50 bits per heavy atom. The lowest BCUT2D eigenvalue weighted by Crippen LogP contribution is -2.13. The number of rotatable bonds is 5. The van der Waals surface area contributed by atoms with Crippen LogP contribution in [0.15, 0.2) is 18.2 Å². The van der Waals surface area contributed by atoms with Crippen LogP contribution in [0.4, 0.5) is 0 Å². The molecule has 2 N–H and O–H groups in total. The SMILES string of the molecule is Cc1cc(C(C)N)ccc1OCC1(CC#N)CC1. The van der Waals surface area contributed by atoms with Crippen LogP contribution in [-0.2, 0) is 0 Å². The van der Waals surface area contributed by atoms with E-state index in [1.165, 1.54) is 0 Å². The molecule has 1 fully saturated rings. The lowest BCUT2D eigenvalue weighted by molar-refractivity contribution is 0.235. The van der Waals surface area contributed by atoms with Gasteiger partial charge in [-0.1, -0.05) is 12.1 Å². The normalized spacial score (nSPS) is 17.9. The zero-order valence-electron chi connectivity index (χ0n) is 11.1. The van der Waals surface area contributed by atoms with E-state index in [1.807, 2.05) is 26.0 Å². The third kappa shape index (κ3) is 2.83. The van der Waals surface area contributed by atoms with Crippen molar-refractivity contribution >= 4 is 0 Å². The summed E-state index contributed by atoms with van der Waals surface area (Å²) in [6.45, 7) is 4.66. The second kappa shape index (κ2) is 4.99. The van der Waals surface area contributed by atoms with Gasteiger partial charge in [0.25, 0.3) is 0 Å². The molecule has 1 saturated carbocycles. The lowest BCUT2D eigenvalue weighted by Gasteiger charge is -2.16. The van der Waals surface area contributed by atoms with E-state index >= 15 is 0 Å². The second-order valence-electron chi connectivity index (χ2n) is 5.44. The molecule has 96 valence electrons. The summed E-state index contributed by atoms with van der Waals surface area (Å²) in [4.78, 5) is 0. The first-order chi connectivity index (χ1) is 8.56. The first kappa shape index (κ1) is 12.9. The highest BCUT2D eigenvalue weighted by Crippen LogP contribution is 2.48. The van der Waals surface area contributed by atoms with E-state index in [0.717, 1.165) is 29.7 Å². The standard InChI is InChI=1S/C15H20N2O/c1-11-9-13(12(2)17)3-4-14(11)18-10-15(5-6-15)7-8-16/h3-4,9,12H,5-7,10,17H2,1-2H3. The number of hydrogen-bond acceptors (Lipinski definition) is 3. The van der Waals surface area contributed by atoms with Crippen molar-refractivity contribution in [1.82, 2.24) is 0 Å². The summed E-state index contributed by atoms with van der Waals surface area (Å²) >= 11 is 0. The molecule has 1 aliphatic rings. The molecule has 0 bridgehead atoms. The van der Waals surface area contributed by atoms with Crippen molar-refractivity contribution in [1.29, 1.82) is 5.26 Å². The van der Waals surface area contributed by atoms with Gasteiger partial charge in [0.05, 0.1) is 12.7 Å². The Morgan fingerprint density at radius 2 is 2.22 bits per heavy atom. The zero-order chi connectivity index (χ0) is 13.2. The van der Waals surface area contributed by atoms with E-state index < -0.39 is 0 Å². The molecule has 3 heteroatoms. The zero-order valence-corrected chi connectivity index (χ0v) is 11.1. The van der Waals surface area contributed by atoms with E-state index in [0.29, 0.717) is 13.0 Å². The lowest BCUT2D eigenvalue weighted by atomic mass is 10.0. The van der Waals surface area contributed by atoms with Crippen molar-refractivity contribution in [2.24, 2.45) is 11.1 Å². The fraction of sp³-hybridized carbons (Fsp3) is 0.533. The van der Waals surface area contributed by atoms with Gasteiger partial charge in [0, 0.05) is 17.9 Å². The van der Waals surface area contributed by atoms with Crippen LogP contribution in [0.25, 0.3) is 0 Å². The fourth-order valence-electron chi connectivity index (χ4n) is 2.07. The quantitative estimate of drug-likeness (QED) is 0.865. The van der Waals surface area contributed by atoms with Gasteiger partial charge in [0.1, 0.15) is 5.75 Å². The van der Waals surface area contributed by atoms with Gasteiger partial charge in [-0.25, -0.2) is 0 Å². The Hall–Kier alpha value is -1.53. The number of nitriles is 1. The van der Waals surface area contributed by atoms with Crippen LogP contribution in [0, 0.1) is 23.7 Å². The Labute approximate surface area is 109 Å². The summed E-state index contributed by atoms with van der Waals surface area (Å²) < 4.78 is 5.86. The largest absolute Gasteiger partial charge is 0.493 e. The molecule has 1 atom stereocenters. The van der Waals surface area contributed by atoms with Gasteiger partial charge in [-0.15, -0.1) is 0 Å². The van der Waals surface area contributed by atoms with Crippen LogP contribution in [0.3, 0.4) is 0 Å². The van der Waals surface area contributed by atoms with E-state index in [1.54, 1.807) is 0 Å². The van der Waals surface area contributed by atoms with Gasteiger partial charge < -0.3 is 10.5 Å². The smallest absolute Gasteiger partial charge is 0.122 e. The molecule has 3 nitrogen and oxygen atoms in total. The molecule has 0 spiro atoms. The molecule has 0 aliphatic heterocycles. The summed E-state index contributed by atoms with van der Waals surface area (Å²) in [5.74, 6) is 0.906. The van der Waals surface area contributed by atoms with Crippen molar-refractivity contribution in [3.8, 4) is 11.8 Å². The van der Waals surface area contributed by atoms with Crippen LogP contribution < -0.4 is 10.5 Å². The molecule has 1 aromatic carbocycles. The molecular formula is C15H20N2O. The van der Waals surface area contributed by atoms with Crippen LogP contribution in [0.2, 0.25) is 0 Å². The van der Waals surface area contributed by atoms with Crippen LogP contribution >= 0.6 is 0 Å². The summed E-state index contributed by atoms with van der Waals surface area (Å²) in [5.41, 5.74) is 8.21. The number of ether oxygens (including phenoxy) is 1. The van der Waals surface area contributed by atoms with Crippen molar-refractivity contribution in [2.75, 3.05) is 6.61 Å². The van der Waals surface area contributed by atoms with Crippen LogP contribution in [0.5, 0.6) is 5.75 Å². The van der Waals surface area contributed by atoms with Crippen molar-refractivity contribution in [3.05, 3.63) is 29.3 Å². The maximum Gasteiger partial charge on any atom is 0.122 e. The number of hydrogen-bond donors (Lipinski definition) is 1.